The number of carbonyl (C=O) groups is 9. The van der Waals surface area contributed by atoms with Gasteiger partial charge in [-0.05, 0) is 77.6 Å². The molecule has 0 unspecified atom stereocenters. The molecule has 0 heterocycles. The summed E-state index contributed by atoms with van der Waals surface area (Å²) in [6.07, 6.45) is -0.507. The molecule has 0 spiro atoms. The number of carboxylic acid groups (broad SMARTS) is 1. The molecule has 8 amide bonds. The second-order valence-corrected chi connectivity index (χ2v) is 17.0. The molecule has 344 valence electrons. The molecule has 0 fully saturated rings. The summed E-state index contributed by atoms with van der Waals surface area (Å²) >= 11 is 0. The monoisotopic (exact) mass is 856 g/mol. The fourth-order valence-electron chi connectivity index (χ4n) is 5.73. The molecule has 0 aromatic rings. The van der Waals surface area contributed by atoms with E-state index in [9.17, 15) is 48.3 Å². The molecule has 0 aromatic carbocycles. The van der Waals surface area contributed by atoms with Crippen LogP contribution in [0.15, 0.2) is 0 Å². The largest absolute Gasteiger partial charge is 0.480 e. The molecule has 0 aliphatic carbocycles. The first kappa shape index (κ1) is 55.2. The van der Waals surface area contributed by atoms with Crippen LogP contribution in [0.2, 0.25) is 0 Å². The van der Waals surface area contributed by atoms with Crippen molar-refractivity contribution < 1.29 is 53.4 Å². The van der Waals surface area contributed by atoms with Gasteiger partial charge in [0.2, 0.25) is 47.3 Å². The van der Waals surface area contributed by atoms with Crippen molar-refractivity contribution in [3.05, 3.63) is 0 Å². The minimum absolute atomic E-state index is 0.00528. The second kappa shape index (κ2) is 26.4. The molecule has 0 saturated carbocycles. The van der Waals surface area contributed by atoms with Gasteiger partial charge in [-0.1, -0.05) is 61.8 Å². The van der Waals surface area contributed by atoms with E-state index in [4.69, 9.17) is 10.8 Å². The Morgan fingerprint density at radius 1 is 0.433 bits per heavy atom. The molecule has 12 N–H and O–H groups in total. The molecule has 60 heavy (non-hydrogen) atoms. The molecule has 0 aromatic heterocycles. The molecular formula is C40H73N9O11. The highest BCUT2D eigenvalue weighted by Gasteiger charge is 2.36. The summed E-state index contributed by atoms with van der Waals surface area (Å²) in [4.78, 5) is 117. The van der Waals surface area contributed by atoms with E-state index >= 15 is 0 Å². The molecule has 20 nitrogen and oxygen atoms in total. The van der Waals surface area contributed by atoms with E-state index in [1.807, 2.05) is 27.7 Å². The van der Waals surface area contributed by atoms with Crippen LogP contribution in [-0.2, 0) is 43.2 Å². The quantitative estimate of drug-likeness (QED) is 0.0495. The lowest BCUT2D eigenvalue weighted by Crippen LogP contribution is -2.62. The Hall–Kier alpha value is -4.85. The van der Waals surface area contributed by atoms with E-state index in [0.29, 0.717) is 6.42 Å². The van der Waals surface area contributed by atoms with E-state index in [2.05, 4.69) is 42.5 Å². The predicted molar refractivity (Wildman–Crippen MR) is 223 cm³/mol. The summed E-state index contributed by atoms with van der Waals surface area (Å²) in [5.41, 5.74) is 5.68. The minimum atomic E-state index is -1.60. The van der Waals surface area contributed by atoms with E-state index in [1.54, 1.807) is 27.7 Å². The fraction of sp³-hybridized carbons (Fsp3) is 0.775. The summed E-state index contributed by atoms with van der Waals surface area (Å²) in [7, 11) is 0. The number of nitrogens with one attached hydrogen (secondary N) is 8. The lowest BCUT2D eigenvalue weighted by atomic mass is 9.96. The van der Waals surface area contributed by atoms with E-state index in [-0.39, 0.29) is 37.0 Å². The third kappa shape index (κ3) is 19.9. The van der Waals surface area contributed by atoms with E-state index in [0.717, 1.165) is 0 Å². The zero-order chi connectivity index (χ0) is 46.8. The fourth-order valence-corrected chi connectivity index (χ4v) is 5.73. The molecule has 0 aliphatic rings. The average molecular weight is 856 g/mol. The van der Waals surface area contributed by atoms with Crippen LogP contribution in [0.5, 0.6) is 0 Å². The molecule has 20 heteroatoms. The van der Waals surface area contributed by atoms with Gasteiger partial charge in [-0.3, -0.25) is 43.2 Å². The van der Waals surface area contributed by atoms with Crippen LogP contribution in [-0.4, -0.2) is 124 Å². The van der Waals surface area contributed by atoms with Gasteiger partial charge < -0.3 is 58.5 Å². The van der Waals surface area contributed by atoms with Gasteiger partial charge in [-0.25, -0.2) is 0 Å². The Kier molecular flexibility index (Phi) is 24.2. The van der Waals surface area contributed by atoms with Crippen molar-refractivity contribution in [3.8, 4) is 0 Å². The maximum Gasteiger partial charge on any atom is 0.325 e. The molecule has 0 radical (unpaired) electrons. The maximum absolute atomic E-state index is 13.7. The van der Waals surface area contributed by atoms with Crippen molar-refractivity contribution >= 4 is 53.2 Å². The highest BCUT2D eigenvalue weighted by molar-refractivity contribution is 5.98. The average Bonchev–Trinajstić information content (AvgIpc) is 3.13. The molecular weight excluding hydrogens is 782 g/mol. The number of aliphatic hydroxyl groups is 1. The van der Waals surface area contributed by atoms with Crippen LogP contribution in [0.3, 0.4) is 0 Å². The van der Waals surface area contributed by atoms with Crippen LogP contribution in [0.4, 0.5) is 0 Å². The Balaban J connectivity index is 6.07. The zero-order valence-electron chi connectivity index (χ0n) is 37.6. The van der Waals surface area contributed by atoms with Crippen molar-refractivity contribution in [2.75, 3.05) is 0 Å². The third-order valence-corrected chi connectivity index (χ3v) is 9.52. The molecule has 0 saturated heterocycles. The highest BCUT2D eigenvalue weighted by atomic mass is 16.4. The van der Waals surface area contributed by atoms with Gasteiger partial charge in [0.15, 0.2) is 0 Å². The first-order valence-corrected chi connectivity index (χ1v) is 20.7. The van der Waals surface area contributed by atoms with E-state index < -0.39 is 120 Å². The van der Waals surface area contributed by atoms with Crippen LogP contribution in [0, 0.1) is 23.7 Å². The number of aliphatic hydroxyl groups excluding tert-OH is 1. The van der Waals surface area contributed by atoms with Crippen LogP contribution >= 0.6 is 0 Å². The van der Waals surface area contributed by atoms with E-state index in [1.165, 1.54) is 34.6 Å². The summed E-state index contributed by atoms with van der Waals surface area (Å²) in [5, 5.41) is 39.9. The summed E-state index contributed by atoms with van der Waals surface area (Å²) in [6, 6.07) is -10.6. The number of carbonyl (C=O) groups excluding carboxylic acids is 8. The number of aliphatic carboxylic acids is 1. The second-order valence-electron chi connectivity index (χ2n) is 17.0. The van der Waals surface area contributed by atoms with Gasteiger partial charge >= 0.3 is 5.97 Å². The van der Waals surface area contributed by atoms with Gasteiger partial charge in [0.1, 0.15) is 48.3 Å². The van der Waals surface area contributed by atoms with Gasteiger partial charge in [0.25, 0.3) is 0 Å². The molecule has 0 aliphatic heterocycles. The first-order valence-electron chi connectivity index (χ1n) is 20.7. The predicted octanol–water partition coefficient (Wildman–Crippen LogP) is -1.08. The summed E-state index contributed by atoms with van der Waals surface area (Å²) in [5.74, 6) is -7.86. The van der Waals surface area contributed by atoms with Crippen molar-refractivity contribution in [1.29, 1.82) is 0 Å². The Labute approximate surface area is 354 Å². The normalized spacial score (nSPS) is 16.9. The smallest absolute Gasteiger partial charge is 0.325 e. The number of amides is 8. The number of hydrogen-bond donors (Lipinski definition) is 11. The van der Waals surface area contributed by atoms with Crippen molar-refractivity contribution in [3.63, 3.8) is 0 Å². The highest BCUT2D eigenvalue weighted by Crippen LogP contribution is 2.13. The standard InChI is InChI=1S/C40H73N9O11/c1-14-21(8)30(38(57)47-28(16-19(4)5)36(55)42-23(10)33(52)44-25(12)40(59)60)48-39(58)31(26(13)50)49-34(53)24(11)43-35(54)27(15-18(2)3)46-37(56)29(17-20(6)7)45-32(51)22(9)41/h18-31,50H,14-17,41H2,1-13H3,(H,42,55)(H,43,54)(H,44,52)(H,45,51)(H,46,56)(H,47,57)(H,48,58)(H,49,53)(H,59,60)/t21-,22-,23-,24-,25-,26+,27-,28-,29-,30-,31-/m0/s1. The Morgan fingerprint density at radius 3 is 1.10 bits per heavy atom. The van der Waals surface area contributed by atoms with Crippen molar-refractivity contribution in [2.45, 2.75) is 176 Å². The Bertz CT molecular complexity index is 1490. The van der Waals surface area contributed by atoms with Gasteiger partial charge in [0, 0.05) is 0 Å². The SMILES string of the molecule is CC[C@H](C)[C@H](NC(=O)[C@@H](NC(=O)[C@H](C)NC(=O)[C@H](CC(C)C)NC(=O)[C@H](CC(C)C)NC(=O)[C@H](C)N)[C@@H](C)O)C(=O)N[C@@H](CC(C)C)C(=O)N[C@@H](C)C(=O)N[C@@H](C)C(=O)O. The molecule has 11 atom stereocenters. The summed E-state index contributed by atoms with van der Waals surface area (Å²) < 4.78 is 0. The van der Waals surface area contributed by atoms with Gasteiger partial charge in [-0.2, -0.15) is 0 Å². The third-order valence-electron chi connectivity index (χ3n) is 9.52. The number of rotatable bonds is 26. The number of hydrogen-bond acceptors (Lipinski definition) is 11. The van der Waals surface area contributed by atoms with Crippen molar-refractivity contribution in [2.24, 2.45) is 29.4 Å². The minimum Gasteiger partial charge on any atom is -0.480 e. The van der Waals surface area contributed by atoms with Crippen LogP contribution in [0.1, 0.15) is 116 Å². The zero-order valence-corrected chi connectivity index (χ0v) is 37.6. The number of nitrogens with two attached hydrogens (primary N) is 1. The molecule has 0 bridgehead atoms. The first-order chi connectivity index (χ1) is 27.6. The topological polar surface area (TPSA) is 316 Å². The van der Waals surface area contributed by atoms with Gasteiger partial charge in [0.05, 0.1) is 12.1 Å². The number of carboxylic acids is 1. The van der Waals surface area contributed by atoms with Crippen molar-refractivity contribution in [1.82, 2.24) is 42.5 Å². The van der Waals surface area contributed by atoms with Crippen LogP contribution < -0.4 is 48.3 Å². The maximum atomic E-state index is 13.7. The lowest BCUT2D eigenvalue weighted by molar-refractivity contribution is -0.141. The Morgan fingerprint density at radius 2 is 0.750 bits per heavy atom. The van der Waals surface area contributed by atoms with Gasteiger partial charge in [-0.15, -0.1) is 0 Å². The van der Waals surface area contributed by atoms with Crippen LogP contribution in [0.25, 0.3) is 0 Å². The summed E-state index contributed by atoms with van der Waals surface area (Å²) in [6.45, 7) is 21.1. The lowest BCUT2D eigenvalue weighted by Gasteiger charge is -2.30. The molecule has 0 rings (SSSR count).